The molecule has 0 amide bonds. The number of rotatable bonds is 16. The summed E-state index contributed by atoms with van der Waals surface area (Å²) in [6.07, 6.45) is 20.5. The summed E-state index contributed by atoms with van der Waals surface area (Å²) < 4.78 is 31.5. The number of para-hydroxylation sites is 1. The summed E-state index contributed by atoms with van der Waals surface area (Å²) in [5, 5.41) is 0.915. The molecule has 2 aromatic heterocycles. The van der Waals surface area contributed by atoms with E-state index < -0.39 is 7.82 Å². The van der Waals surface area contributed by atoms with Crippen LogP contribution >= 0.6 is 7.82 Å². The smallest absolute Gasteiger partial charge is 0.382 e. The van der Waals surface area contributed by atoms with Crippen molar-refractivity contribution in [2.45, 2.75) is 131 Å². The lowest BCUT2D eigenvalue weighted by molar-refractivity contribution is -0.0642. The molecule has 10 heteroatoms. The van der Waals surface area contributed by atoms with Crippen molar-refractivity contribution in [3.8, 4) is 0 Å². The number of fused-ring (bicyclic) bond motifs is 8. The summed E-state index contributed by atoms with van der Waals surface area (Å²) in [7, 11) is -4.19. The molecule has 3 N–H and O–H groups in total. The van der Waals surface area contributed by atoms with Gasteiger partial charge in [0.15, 0.2) is 5.82 Å². The van der Waals surface area contributed by atoms with Crippen LogP contribution < -0.4 is 5.73 Å². The second-order valence-corrected chi connectivity index (χ2v) is 19.5. The van der Waals surface area contributed by atoms with Gasteiger partial charge in [0.05, 0.1) is 36.7 Å². The van der Waals surface area contributed by atoms with E-state index in [0.29, 0.717) is 41.7 Å². The molecular formula is C43H65N4O5P. The fourth-order valence-electron chi connectivity index (χ4n) is 11.7. The number of ether oxygens (including phenoxy) is 1. The van der Waals surface area contributed by atoms with Gasteiger partial charge in [0, 0.05) is 18.5 Å². The third-order valence-corrected chi connectivity index (χ3v) is 15.5. The van der Waals surface area contributed by atoms with E-state index in [1.807, 2.05) is 28.8 Å². The van der Waals surface area contributed by atoms with Gasteiger partial charge >= 0.3 is 7.82 Å². The first-order valence-corrected chi connectivity index (χ1v) is 22.3. The van der Waals surface area contributed by atoms with Gasteiger partial charge in [-0.05, 0) is 117 Å². The van der Waals surface area contributed by atoms with Gasteiger partial charge in [-0.2, -0.15) is 0 Å². The number of pyridine rings is 1. The average molecular weight is 749 g/mol. The third-order valence-electron chi connectivity index (χ3n) is 14.5. The molecule has 53 heavy (non-hydrogen) atoms. The van der Waals surface area contributed by atoms with Crippen molar-refractivity contribution in [2.24, 2.45) is 46.3 Å². The third kappa shape index (κ3) is 8.03. The monoisotopic (exact) mass is 748 g/mol. The van der Waals surface area contributed by atoms with Gasteiger partial charge in [-0.1, -0.05) is 83.7 Å². The van der Waals surface area contributed by atoms with Crippen LogP contribution in [0.3, 0.4) is 0 Å². The lowest BCUT2D eigenvalue weighted by Gasteiger charge is -2.58. The maximum absolute atomic E-state index is 12.6. The molecule has 292 valence electrons. The zero-order valence-corrected chi connectivity index (χ0v) is 33.9. The van der Waals surface area contributed by atoms with Crippen LogP contribution in [0.1, 0.15) is 118 Å². The lowest BCUT2D eigenvalue weighted by atomic mass is 9.47. The van der Waals surface area contributed by atoms with Gasteiger partial charge < -0.3 is 19.9 Å². The number of anilines is 1. The predicted molar refractivity (Wildman–Crippen MR) is 213 cm³/mol. The summed E-state index contributed by atoms with van der Waals surface area (Å²) in [4.78, 5) is 19.2. The Bertz CT molecular complexity index is 1810. The van der Waals surface area contributed by atoms with Crippen molar-refractivity contribution in [3.05, 3.63) is 42.2 Å². The standard InChI is InChI=1S/C43H65N4O5P/c1-29(2)11-10-12-30(3)35-17-18-36-33-16-15-31-27-32(19-21-42(31,4)37(33)20-22-43(35,36)5)50-24-8-9-25-51-53(48,49)52-26-23-47-28-45-39-40(47)34-13-6-7-14-38(34)46-41(39)44/h6-7,13-15,28-30,32-33,35-37H,8-12,16-27H2,1-5H3,(H2,44,46)(H,48,49)/t30-,32+,33+,35-,36+,37+,42+,43-/m1/s1. The number of nitrogens with two attached hydrogens (primary N) is 1. The van der Waals surface area contributed by atoms with E-state index >= 15 is 0 Å². The van der Waals surface area contributed by atoms with Crippen molar-refractivity contribution in [1.29, 1.82) is 0 Å². The van der Waals surface area contributed by atoms with Gasteiger partial charge in [-0.3, -0.25) is 9.05 Å². The van der Waals surface area contributed by atoms with Gasteiger partial charge in [-0.15, -0.1) is 0 Å². The molecule has 4 aliphatic rings. The Labute approximate surface area is 317 Å². The normalized spacial score (nSPS) is 31.6. The van der Waals surface area contributed by atoms with Crippen LogP contribution in [0, 0.1) is 46.3 Å². The molecule has 3 aromatic rings. The summed E-state index contributed by atoms with van der Waals surface area (Å²) in [5.74, 6) is 5.48. The molecule has 4 aliphatic carbocycles. The second kappa shape index (κ2) is 16.1. The van der Waals surface area contributed by atoms with Crippen LogP contribution in [0.15, 0.2) is 42.2 Å². The minimum atomic E-state index is -4.19. The number of phosphoric ester groups is 1. The zero-order valence-electron chi connectivity index (χ0n) is 33.0. The van der Waals surface area contributed by atoms with E-state index in [4.69, 9.17) is 19.5 Å². The van der Waals surface area contributed by atoms with Crippen LogP contribution in [-0.2, 0) is 24.9 Å². The zero-order chi connectivity index (χ0) is 37.4. The van der Waals surface area contributed by atoms with E-state index in [1.165, 1.54) is 57.8 Å². The number of aromatic nitrogens is 3. The molecule has 9 atom stereocenters. The Morgan fingerprint density at radius 3 is 2.60 bits per heavy atom. The summed E-state index contributed by atoms with van der Waals surface area (Å²) >= 11 is 0. The number of phosphoric acid groups is 1. The number of nitrogens with zero attached hydrogens (tertiary/aromatic N) is 3. The minimum Gasteiger partial charge on any atom is -0.382 e. The van der Waals surface area contributed by atoms with Crippen LogP contribution in [0.4, 0.5) is 5.82 Å². The number of nitrogen functional groups attached to an aromatic ring is 1. The molecule has 1 aromatic carbocycles. The summed E-state index contributed by atoms with van der Waals surface area (Å²) in [6.45, 7) is 13.7. The van der Waals surface area contributed by atoms with Crippen molar-refractivity contribution in [3.63, 3.8) is 0 Å². The number of hydrogen-bond acceptors (Lipinski definition) is 7. The fourth-order valence-corrected chi connectivity index (χ4v) is 12.4. The van der Waals surface area contributed by atoms with Gasteiger partial charge in [0.1, 0.15) is 5.52 Å². The Morgan fingerprint density at radius 1 is 0.981 bits per heavy atom. The van der Waals surface area contributed by atoms with Crippen LogP contribution in [0.5, 0.6) is 0 Å². The first kappa shape index (κ1) is 39.0. The SMILES string of the molecule is CC(C)CCC[C@@H](C)[C@H]1CC[C@H]2[C@@H]3CC=C4C[C@@H](OCCCCOP(=O)(O)OCCn5cnc6c(N)nc7ccccc7c65)CC[C@]4(C)[C@H]3CC[C@]12C. The molecule has 7 rings (SSSR count). The highest BCUT2D eigenvalue weighted by Gasteiger charge is 2.59. The number of benzene rings is 1. The Morgan fingerprint density at radius 2 is 1.77 bits per heavy atom. The Kier molecular flexibility index (Phi) is 11.8. The Balaban J connectivity index is 0.830. The highest BCUT2D eigenvalue weighted by molar-refractivity contribution is 7.47. The molecule has 0 saturated heterocycles. The molecule has 0 radical (unpaired) electrons. The molecule has 0 bridgehead atoms. The number of unbranched alkanes of at least 4 members (excludes halogenated alkanes) is 1. The molecule has 3 saturated carbocycles. The van der Waals surface area contributed by atoms with Crippen molar-refractivity contribution in [2.75, 3.05) is 25.6 Å². The van der Waals surface area contributed by atoms with Crippen molar-refractivity contribution in [1.82, 2.24) is 14.5 Å². The lowest BCUT2D eigenvalue weighted by Crippen LogP contribution is -2.51. The second-order valence-electron chi connectivity index (χ2n) is 18.0. The minimum absolute atomic E-state index is 0.00474. The van der Waals surface area contributed by atoms with Crippen LogP contribution in [-0.4, -0.2) is 45.4 Å². The maximum Gasteiger partial charge on any atom is 0.472 e. The molecule has 9 nitrogen and oxygen atoms in total. The number of allylic oxidation sites excluding steroid dienone is 1. The molecule has 0 spiro atoms. The van der Waals surface area contributed by atoms with Crippen molar-refractivity contribution >= 4 is 35.6 Å². The van der Waals surface area contributed by atoms with E-state index in [0.717, 1.165) is 71.2 Å². The van der Waals surface area contributed by atoms with Gasteiger partial charge in [0.2, 0.25) is 0 Å². The van der Waals surface area contributed by atoms with E-state index in [9.17, 15) is 9.46 Å². The first-order valence-electron chi connectivity index (χ1n) is 20.8. The van der Waals surface area contributed by atoms with E-state index in [2.05, 4.69) is 50.7 Å². The highest BCUT2D eigenvalue weighted by Crippen LogP contribution is 2.67. The predicted octanol–water partition coefficient (Wildman–Crippen LogP) is 10.5. The molecule has 2 heterocycles. The summed E-state index contributed by atoms with van der Waals surface area (Å²) in [5.41, 5.74) is 10.8. The van der Waals surface area contributed by atoms with Crippen molar-refractivity contribution < 1.29 is 23.2 Å². The molecule has 0 aliphatic heterocycles. The van der Waals surface area contributed by atoms with Gasteiger partial charge in [-0.25, -0.2) is 14.5 Å². The molecule has 3 fully saturated rings. The fraction of sp³-hybridized carbons (Fsp3) is 0.721. The molecular weight excluding hydrogens is 683 g/mol. The number of imidazole rings is 1. The van der Waals surface area contributed by atoms with Crippen LogP contribution in [0.25, 0.3) is 21.9 Å². The largest absolute Gasteiger partial charge is 0.472 e. The number of hydrogen-bond donors (Lipinski definition) is 2. The maximum atomic E-state index is 12.6. The van der Waals surface area contributed by atoms with E-state index in [1.54, 1.807) is 11.9 Å². The topological polar surface area (TPSA) is 122 Å². The average Bonchev–Trinajstić information content (AvgIpc) is 3.71. The van der Waals surface area contributed by atoms with Gasteiger partial charge in [0.25, 0.3) is 0 Å². The first-order chi connectivity index (χ1) is 25.4. The summed E-state index contributed by atoms with van der Waals surface area (Å²) in [6, 6.07) is 7.71. The van der Waals surface area contributed by atoms with Crippen LogP contribution in [0.2, 0.25) is 0 Å². The van der Waals surface area contributed by atoms with E-state index in [-0.39, 0.29) is 19.3 Å². The quantitative estimate of drug-likeness (QED) is 0.0843. The highest BCUT2D eigenvalue weighted by atomic mass is 31.2. The Hall–Kier alpha value is -2.29. The molecule has 1 unspecified atom stereocenters.